The van der Waals surface area contributed by atoms with E-state index in [-0.39, 0.29) is 5.78 Å². The summed E-state index contributed by atoms with van der Waals surface area (Å²) in [7, 11) is 0. The summed E-state index contributed by atoms with van der Waals surface area (Å²) in [6.07, 6.45) is 2.08. The quantitative estimate of drug-likeness (QED) is 0.691. The van der Waals surface area contributed by atoms with Gasteiger partial charge in [-0.15, -0.1) is 16.8 Å². The zero-order valence-electron chi connectivity index (χ0n) is 12.8. The molecule has 22 heavy (non-hydrogen) atoms. The van der Waals surface area contributed by atoms with Crippen molar-refractivity contribution < 1.29 is 14.4 Å². The highest BCUT2D eigenvalue weighted by atomic mass is 32.1. The van der Waals surface area contributed by atoms with Gasteiger partial charge in [0.25, 0.3) is 0 Å². The minimum absolute atomic E-state index is 0.00762. The third-order valence-electron chi connectivity index (χ3n) is 3.40. The van der Waals surface area contributed by atoms with Crippen LogP contribution in [0.15, 0.2) is 18.2 Å². The van der Waals surface area contributed by atoms with Crippen LogP contribution >= 0.6 is 11.3 Å². The van der Waals surface area contributed by atoms with Gasteiger partial charge in [-0.05, 0) is 31.0 Å². The highest BCUT2D eigenvalue weighted by molar-refractivity contribution is 7.20. The Morgan fingerprint density at radius 3 is 2.68 bits per heavy atom. The Bertz CT molecular complexity index is 741. The summed E-state index contributed by atoms with van der Waals surface area (Å²) in [4.78, 5) is 33.6. The summed E-state index contributed by atoms with van der Waals surface area (Å²) < 4.78 is 0.813. The normalized spacial score (nSPS) is 15.0. The van der Waals surface area contributed by atoms with Crippen LogP contribution in [0.2, 0.25) is 0 Å². The molecular formula is C16H18N2O3S. The van der Waals surface area contributed by atoms with Crippen LogP contribution in [-0.2, 0) is 4.84 Å². The number of ketones is 1. The first-order valence-electron chi connectivity index (χ1n) is 7.27. The number of carbonyl (C=O) groups excluding carboxylic acids is 2. The minimum Gasteiger partial charge on any atom is -0.366 e. The van der Waals surface area contributed by atoms with Crippen LogP contribution in [0.3, 0.4) is 0 Å². The maximum atomic E-state index is 12.3. The van der Waals surface area contributed by atoms with Crippen molar-refractivity contribution >= 4 is 33.3 Å². The molecule has 1 aromatic heterocycles. The van der Waals surface area contributed by atoms with Gasteiger partial charge in [-0.3, -0.25) is 4.79 Å². The lowest BCUT2D eigenvalue weighted by Crippen LogP contribution is -2.21. The van der Waals surface area contributed by atoms with Crippen molar-refractivity contribution in [3.05, 3.63) is 28.8 Å². The van der Waals surface area contributed by atoms with Gasteiger partial charge in [-0.2, -0.15) is 0 Å². The molecular weight excluding hydrogens is 300 g/mol. The van der Waals surface area contributed by atoms with E-state index in [0.717, 1.165) is 23.1 Å². The van der Waals surface area contributed by atoms with E-state index in [9.17, 15) is 9.59 Å². The number of rotatable bonds is 4. The van der Waals surface area contributed by atoms with Gasteiger partial charge in [0.1, 0.15) is 0 Å². The van der Waals surface area contributed by atoms with Crippen LogP contribution in [0.4, 0.5) is 0 Å². The molecule has 1 aliphatic rings. The summed E-state index contributed by atoms with van der Waals surface area (Å²) in [6, 6.07) is 5.44. The van der Waals surface area contributed by atoms with Crippen LogP contribution in [0.5, 0.6) is 0 Å². The molecule has 1 aromatic carbocycles. The first kappa shape index (κ1) is 15.1. The molecule has 1 aliphatic carbocycles. The highest BCUT2D eigenvalue weighted by Gasteiger charge is 2.26. The molecule has 1 N–H and O–H groups in total. The Morgan fingerprint density at radius 2 is 2.05 bits per heavy atom. The van der Waals surface area contributed by atoms with Crippen LogP contribution in [0.25, 0.3) is 10.2 Å². The SMILES string of the molecule is CC(C)(C)C(=O)c1nc2ccc(C(=O)ONC3CC3)cc2s1. The van der Waals surface area contributed by atoms with Crippen molar-refractivity contribution in [3.8, 4) is 0 Å². The fourth-order valence-corrected chi connectivity index (χ4v) is 3.02. The van der Waals surface area contributed by atoms with Crippen LogP contribution < -0.4 is 5.48 Å². The van der Waals surface area contributed by atoms with Gasteiger partial charge >= 0.3 is 5.97 Å². The summed E-state index contributed by atoms with van der Waals surface area (Å²) in [5.74, 6) is -0.404. The molecule has 0 amide bonds. The van der Waals surface area contributed by atoms with E-state index in [1.807, 2.05) is 20.8 Å². The van der Waals surface area contributed by atoms with Crippen LogP contribution in [0.1, 0.15) is 53.8 Å². The first-order valence-corrected chi connectivity index (χ1v) is 8.08. The van der Waals surface area contributed by atoms with Gasteiger partial charge in [0.2, 0.25) is 0 Å². The maximum absolute atomic E-state index is 12.3. The third kappa shape index (κ3) is 3.18. The highest BCUT2D eigenvalue weighted by Crippen LogP contribution is 2.29. The number of thiazole rings is 1. The topological polar surface area (TPSA) is 68.3 Å². The second kappa shape index (κ2) is 5.44. The molecule has 3 rings (SSSR count). The number of hydrogen-bond donors (Lipinski definition) is 1. The summed E-state index contributed by atoms with van der Waals surface area (Å²) >= 11 is 1.31. The smallest absolute Gasteiger partial charge is 0.356 e. The van der Waals surface area contributed by atoms with Crippen molar-refractivity contribution in [2.75, 3.05) is 0 Å². The fraction of sp³-hybridized carbons (Fsp3) is 0.438. The molecule has 0 unspecified atom stereocenters. The monoisotopic (exact) mass is 318 g/mol. The van der Waals surface area contributed by atoms with E-state index < -0.39 is 11.4 Å². The zero-order chi connectivity index (χ0) is 15.9. The summed E-state index contributed by atoms with van der Waals surface area (Å²) in [5, 5.41) is 0.476. The fourth-order valence-electron chi connectivity index (χ4n) is 1.87. The number of nitrogens with one attached hydrogen (secondary N) is 1. The van der Waals surface area contributed by atoms with Crippen molar-refractivity contribution in [2.45, 2.75) is 39.7 Å². The Balaban J connectivity index is 1.83. The van der Waals surface area contributed by atoms with E-state index in [1.165, 1.54) is 11.3 Å². The van der Waals surface area contributed by atoms with Gasteiger partial charge in [-0.25, -0.2) is 9.78 Å². The van der Waals surface area contributed by atoms with Gasteiger partial charge in [-0.1, -0.05) is 20.8 Å². The number of aromatic nitrogens is 1. The van der Waals surface area contributed by atoms with E-state index in [2.05, 4.69) is 10.5 Å². The van der Waals surface area contributed by atoms with Crippen molar-refractivity contribution in [2.24, 2.45) is 5.41 Å². The first-order chi connectivity index (χ1) is 10.3. The molecule has 6 heteroatoms. The standard InChI is InChI=1S/C16H18N2O3S/c1-16(2,3)13(19)14-17-11-7-4-9(8-12(11)22-14)15(20)21-18-10-5-6-10/h4,7-8,10,18H,5-6H2,1-3H3. The van der Waals surface area contributed by atoms with Crippen LogP contribution in [-0.4, -0.2) is 22.8 Å². The zero-order valence-corrected chi connectivity index (χ0v) is 13.6. The predicted octanol–water partition coefficient (Wildman–Crippen LogP) is 3.35. The number of Topliss-reactive ketones (excluding diaryl/α,β-unsaturated/α-hetero) is 1. The molecule has 5 nitrogen and oxygen atoms in total. The van der Waals surface area contributed by atoms with Crippen molar-refractivity contribution in [3.63, 3.8) is 0 Å². The molecule has 0 radical (unpaired) electrons. The average molecular weight is 318 g/mol. The van der Waals surface area contributed by atoms with Gasteiger partial charge < -0.3 is 4.84 Å². The largest absolute Gasteiger partial charge is 0.366 e. The predicted molar refractivity (Wildman–Crippen MR) is 85.0 cm³/mol. The van der Waals surface area contributed by atoms with Gasteiger partial charge in [0.15, 0.2) is 10.8 Å². The number of hydroxylamine groups is 1. The number of benzene rings is 1. The van der Waals surface area contributed by atoms with Crippen LogP contribution in [0, 0.1) is 5.41 Å². The number of fused-ring (bicyclic) bond motifs is 1. The molecule has 1 saturated carbocycles. The van der Waals surface area contributed by atoms with E-state index in [1.54, 1.807) is 18.2 Å². The van der Waals surface area contributed by atoms with Gasteiger partial charge in [0, 0.05) is 11.5 Å². The maximum Gasteiger partial charge on any atom is 0.356 e. The Kier molecular flexibility index (Phi) is 3.74. The molecule has 0 atom stereocenters. The molecule has 0 aliphatic heterocycles. The molecule has 1 heterocycles. The second-order valence-corrected chi connectivity index (χ2v) is 7.59. The number of carbonyl (C=O) groups is 2. The van der Waals surface area contributed by atoms with Gasteiger partial charge in [0.05, 0.1) is 15.8 Å². The molecule has 0 bridgehead atoms. The second-order valence-electron chi connectivity index (χ2n) is 6.56. The number of hydrogen-bond acceptors (Lipinski definition) is 6. The lowest BCUT2D eigenvalue weighted by Gasteiger charge is -2.13. The third-order valence-corrected chi connectivity index (χ3v) is 4.41. The van der Waals surface area contributed by atoms with E-state index >= 15 is 0 Å². The molecule has 116 valence electrons. The molecule has 1 fully saturated rings. The van der Waals surface area contributed by atoms with Crippen molar-refractivity contribution in [1.82, 2.24) is 10.5 Å². The number of nitrogens with zero attached hydrogens (tertiary/aromatic N) is 1. The Hall–Kier alpha value is -1.79. The Morgan fingerprint density at radius 1 is 1.32 bits per heavy atom. The summed E-state index contributed by atoms with van der Waals surface area (Å²) in [6.45, 7) is 5.61. The molecule has 0 saturated heterocycles. The molecule has 2 aromatic rings. The van der Waals surface area contributed by atoms with Crippen molar-refractivity contribution in [1.29, 1.82) is 0 Å². The average Bonchev–Trinajstić information content (AvgIpc) is 3.19. The lowest BCUT2D eigenvalue weighted by molar-refractivity contribution is 0.0236. The summed E-state index contributed by atoms with van der Waals surface area (Å²) in [5.41, 5.74) is 3.45. The minimum atomic E-state index is -0.468. The Labute approximate surface area is 132 Å². The lowest BCUT2D eigenvalue weighted by atomic mass is 9.91. The van der Waals surface area contributed by atoms with E-state index in [4.69, 9.17) is 4.84 Å². The molecule has 0 spiro atoms. The van der Waals surface area contributed by atoms with E-state index in [0.29, 0.717) is 16.6 Å².